The Morgan fingerprint density at radius 2 is 0.885 bits per heavy atom. The Hall–Kier alpha value is -9.64. The van der Waals surface area contributed by atoms with Crippen LogP contribution < -0.4 is 18.3 Å². The smallest absolute Gasteiger partial charge is 0.194 e. The first-order chi connectivity index (χ1) is 50.1. The van der Waals surface area contributed by atoms with Crippen molar-refractivity contribution in [2.24, 2.45) is 0 Å². The number of benzene rings is 8. The van der Waals surface area contributed by atoms with Crippen LogP contribution in [0.25, 0.3) is 89.8 Å². The maximum Gasteiger partial charge on any atom is 0.216 e. The van der Waals surface area contributed by atoms with E-state index in [1.807, 2.05) is 150 Å². The van der Waals surface area contributed by atoms with Gasteiger partial charge in [-0.3, -0.25) is 0 Å². The van der Waals surface area contributed by atoms with Crippen LogP contribution in [0, 0.1) is 20.6 Å². The van der Waals surface area contributed by atoms with Gasteiger partial charge in [0.25, 0.3) is 0 Å². The molecule has 0 fully saturated rings. The van der Waals surface area contributed by atoms with E-state index in [0.29, 0.717) is 52.2 Å². The molecule has 426 valence electrons. The molecule has 8 aromatic carbocycles. The zero-order chi connectivity index (χ0) is 75.6. The van der Waals surface area contributed by atoms with E-state index >= 15 is 0 Å². The van der Waals surface area contributed by atoms with Crippen molar-refractivity contribution in [3.05, 3.63) is 310 Å². The van der Waals surface area contributed by atoms with Gasteiger partial charge in [0.15, 0.2) is 38.6 Å². The lowest BCUT2D eigenvalue weighted by atomic mass is 9.93. The van der Waals surface area contributed by atoms with Gasteiger partial charge in [-0.05, 0) is 140 Å². The lowest BCUT2D eigenvalue weighted by molar-refractivity contribution is -0.672. The van der Waals surface area contributed by atoms with E-state index in [1.165, 1.54) is 34.7 Å². The fourth-order valence-electron chi connectivity index (χ4n) is 13.0. The molecular weight excluding hydrogens is 1050 g/mol. The molecule has 4 nitrogen and oxygen atoms in total. The maximum atomic E-state index is 8.33. The van der Waals surface area contributed by atoms with Gasteiger partial charge in [0, 0.05) is 106 Å². The molecule has 0 aliphatic carbocycles. The van der Waals surface area contributed by atoms with Gasteiger partial charge >= 0.3 is 0 Å². The lowest BCUT2D eigenvalue weighted by Gasteiger charge is -2.11. The molecule has 0 saturated carbocycles. The third kappa shape index (κ3) is 10.7. The SMILES string of the molecule is [2H]C([2H])([2H])C([2H])([2H])c1ccccc1-c1cc[n+]2c(c1C)-c1ccccc1C2.[2H]C([2H])([2H])Cc1ccc2[n+](c1-c1ccccc1)Cc1ccccc1-2.[2H]C([2H])([2H])Cc1ccccc1-c1c(C([2H])([2H])[2H])ccc2[n+]1Cc1ccccc1-2.[2H]C([2H])([2H])c1ccccc1-c1cc2[n+](cc1C([2H])([2H])C)Cc1ccccc1-2. The summed E-state index contributed by atoms with van der Waals surface area (Å²) in [6, 6.07) is 75.2. The van der Waals surface area contributed by atoms with E-state index in [2.05, 4.69) is 63.7 Å². The van der Waals surface area contributed by atoms with Crippen LogP contribution in [0.5, 0.6) is 0 Å². The molecule has 0 unspecified atom stereocenters. The van der Waals surface area contributed by atoms with Crippen molar-refractivity contribution < 1.29 is 44.3 Å². The second-order valence-corrected chi connectivity index (χ2v) is 22.2. The molecule has 12 aromatic rings. The lowest BCUT2D eigenvalue weighted by Crippen LogP contribution is -2.36. The second kappa shape index (κ2) is 24.8. The Morgan fingerprint density at radius 3 is 1.55 bits per heavy atom. The summed E-state index contributed by atoms with van der Waals surface area (Å²) in [5, 5.41) is 0. The second-order valence-electron chi connectivity index (χ2n) is 22.2. The van der Waals surface area contributed by atoms with E-state index in [4.69, 9.17) is 26.0 Å². The van der Waals surface area contributed by atoms with Gasteiger partial charge in [-0.15, -0.1) is 0 Å². The first kappa shape index (κ1) is 38.4. The van der Waals surface area contributed by atoms with Crippen LogP contribution in [0.1, 0.15) is 115 Å². The first-order valence-electron chi connectivity index (χ1n) is 39.0. The highest BCUT2D eigenvalue weighted by Crippen LogP contribution is 2.38. The molecule has 4 aromatic heterocycles. The number of rotatable bonds is 8. The molecule has 87 heavy (non-hydrogen) atoms. The van der Waals surface area contributed by atoms with Crippen LogP contribution in [0.3, 0.4) is 0 Å². The van der Waals surface area contributed by atoms with E-state index in [0.717, 1.165) is 80.5 Å². The number of hydrogen-bond donors (Lipinski definition) is 0. The Balaban J connectivity index is 0.000000125. The Labute approximate surface area is 542 Å². The van der Waals surface area contributed by atoms with E-state index in [-0.39, 0.29) is 29.5 Å². The summed E-state index contributed by atoms with van der Waals surface area (Å²) in [5.41, 5.74) is 23.3. The van der Waals surface area contributed by atoms with Gasteiger partial charge in [0.05, 0.1) is 22.3 Å². The van der Waals surface area contributed by atoms with Gasteiger partial charge in [0.1, 0.15) is 0 Å². The van der Waals surface area contributed by atoms with E-state index < -0.39 is 47.0 Å². The number of nitrogens with zero attached hydrogens (tertiary/aromatic N) is 4. The van der Waals surface area contributed by atoms with Crippen LogP contribution in [0.4, 0.5) is 0 Å². The summed E-state index contributed by atoms with van der Waals surface area (Å²) < 4.78 is 159. The molecular formula is C83H78N4+4. The van der Waals surface area contributed by atoms with E-state index in [9.17, 15) is 0 Å². The minimum Gasteiger partial charge on any atom is -0.194 e. The Morgan fingerprint density at radius 1 is 0.356 bits per heavy atom. The summed E-state index contributed by atoms with van der Waals surface area (Å²) in [7, 11) is 0. The molecule has 0 spiro atoms. The number of fused-ring (bicyclic) bond motifs is 12. The third-order valence-corrected chi connectivity index (χ3v) is 17.2. The van der Waals surface area contributed by atoms with Crippen molar-refractivity contribution in [3.8, 4) is 89.8 Å². The van der Waals surface area contributed by atoms with Gasteiger partial charge in [-0.2, -0.15) is 18.3 Å². The molecule has 0 N–H and O–H groups in total. The van der Waals surface area contributed by atoms with Crippen molar-refractivity contribution in [1.82, 2.24) is 0 Å². The molecule has 4 heteroatoms. The van der Waals surface area contributed by atoms with Crippen LogP contribution >= 0.6 is 0 Å². The zero-order valence-corrected chi connectivity index (χ0v) is 48.7. The van der Waals surface area contributed by atoms with Gasteiger partial charge in [-0.25, -0.2) is 0 Å². The Bertz CT molecular complexity index is 5330. The van der Waals surface area contributed by atoms with Crippen LogP contribution in [-0.4, -0.2) is 0 Å². The minimum atomic E-state index is -2.74. The molecule has 0 bridgehead atoms. The zero-order valence-electron chi connectivity index (χ0n) is 67.7. The van der Waals surface area contributed by atoms with Crippen molar-refractivity contribution >= 4 is 0 Å². The summed E-state index contributed by atoms with van der Waals surface area (Å²) in [6.07, 6.45) is -0.233. The number of hydrogen-bond acceptors (Lipinski definition) is 0. The van der Waals surface area contributed by atoms with E-state index in [1.54, 1.807) is 60.7 Å². The highest BCUT2D eigenvalue weighted by molar-refractivity contribution is 5.79. The predicted octanol–water partition coefficient (Wildman–Crippen LogP) is 17.9. The average molecular weight is 1150 g/mol. The molecule has 4 aliphatic heterocycles. The predicted molar refractivity (Wildman–Crippen MR) is 358 cm³/mol. The first-order valence-corrected chi connectivity index (χ1v) is 29.5. The standard InChI is InChI=1S/3C21H20N.C20H18N/c1-3-16-8-4-7-11-19(16)21-15(2)12-13-20-18-10-6-5-9-17(18)14-22(20)21;1-3-16-13-22-14-17-9-5-7-11-19(17)21(22)12-20(16)18-10-6-4-8-15(18)2;1-3-16-8-4-6-10-19(16)18-12-13-22-14-17-9-5-7-11-20(17)21(22)15(18)2;1-2-15-12-13-19-18-11-7-6-10-17(18)14-21(19)20(15)16-8-4-3-5-9-16/h3*4-13H,3,14H2,1-2H3;3-13H,2,14H2,1H3/q4*+1/i1D3,2D3;2D3,3D2;1D3,3D2;1D3. The van der Waals surface area contributed by atoms with Crippen LogP contribution in [0.2, 0.25) is 0 Å². The molecule has 0 atom stereocenters. The normalized spacial score (nSPS) is 16.4. The largest absolute Gasteiger partial charge is 0.216 e. The number of aromatic nitrogens is 4. The molecule has 16 rings (SSSR count). The number of aryl methyl sites for hydroxylation is 6. The van der Waals surface area contributed by atoms with Gasteiger partial charge in [-0.1, -0.05) is 185 Å². The Kier molecular flexibility index (Phi) is 10.9. The van der Waals surface area contributed by atoms with Crippen molar-refractivity contribution in [2.75, 3.05) is 0 Å². The highest BCUT2D eigenvalue weighted by Gasteiger charge is 2.34. The van der Waals surface area contributed by atoms with Crippen molar-refractivity contribution in [3.63, 3.8) is 0 Å². The van der Waals surface area contributed by atoms with Crippen LogP contribution in [0.15, 0.2) is 249 Å². The highest BCUT2D eigenvalue weighted by atomic mass is 15.0. The van der Waals surface area contributed by atoms with Crippen molar-refractivity contribution in [1.29, 1.82) is 0 Å². The fraction of sp³-hybridized carbons (Fsp3) is 0.181. The minimum absolute atomic E-state index is 0.0772. The summed E-state index contributed by atoms with van der Waals surface area (Å²) in [4.78, 5) is 0. The summed E-state index contributed by atoms with van der Waals surface area (Å²) in [5.74, 6) is 0. The van der Waals surface area contributed by atoms with Gasteiger partial charge < -0.3 is 0 Å². The molecule has 0 saturated heterocycles. The average Bonchev–Trinajstić information content (AvgIpc) is 1.51. The number of pyridine rings is 4. The topological polar surface area (TPSA) is 15.5 Å². The van der Waals surface area contributed by atoms with Gasteiger partial charge in [0.2, 0.25) is 34.2 Å². The monoisotopic (exact) mass is 1150 g/mol. The maximum absolute atomic E-state index is 8.33. The summed E-state index contributed by atoms with van der Waals surface area (Å²) in [6.45, 7) is -5.06. The quantitative estimate of drug-likeness (QED) is 0.135. The molecule has 0 radical (unpaired) electrons. The molecule has 0 amide bonds. The molecule has 8 heterocycles. The summed E-state index contributed by atoms with van der Waals surface area (Å²) >= 11 is 0. The third-order valence-electron chi connectivity index (χ3n) is 17.2. The molecule has 4 aliphatic rings. The van der Waals surface area contributed by atoms with Crippen molar-refractivity contribution in [2.45, 2.75) is 99.9 Å². The fourth-order valence-corrected chi connectivity index (χ4v) is 13.0. The van der Waals surface area contributed by atoms with Crippen LogP contribution in [-0.2, 0) is 51.8 Å².